The average molecular weight is 315 g/mol. The van der Waals surface area contributed by atoms with Crippen LogP contribution in [0.1, 0.15) is 23.0 Å². The van der Waals surface area contributed by atoms with Gasteiger partial charge in [0, 0.05) is 38.3 Å². The van der Waals surface area contributed by atoms with Crippen LogP contribution in [0.2, 0.25) is 0 Å². The summed E-state index contributed by atoms with van der Waals surface area (Å²) in [5, 5.41) is 3.90. The lowest BCUT2D eigenvalue weighted by Gasteiger charge is -2.33. The molecule has 6 heteroatoms. The van der Waals surface area contributed by atoms with Crippen LogP contribution in [-0.2, 0) is 11.3 Å². The van der Waals surface area contributed by atoms with Crippen molar-refractivity contribution in [3.05, 3.63) is 47.2 Å². The van der Waals surface area contributed by atoms with Gasteiger partial charge >= 0.3 is 0 Å². The number of rotatable bonds is 4. The van der Waals surface area contributed by atoms with Gasteiger partial charge in [-0.2, -0.15) is 0 Å². The van der Waals surface area contributed by atoms with Crippen molar-refractivity contribution in [2.24, 2.45) is 0 Å². The van der Waals surface area contributed by atoms with E-state index in [0.717, 1.165) is 36.8 Å². The third-order valence-corrected chi connectivity index (χ3v) is 3.89. The van der Waals surface area contributed by atoms with Gasteiger partial charge in [-0.1, -0.05) is 5.16 Å². The van der Waals surface area contributed by atoms with Crippen LogP contribution in [0.5, 0.6) is 0 Å². The van der Waals surface area contributed by atoms with E-state index in [4.69, 9.17) is 8.94 Å². The predicted octanol–water partition coefficient (Wildman–Crippen LogP) is 2.24. The fourth-order valence-electron chi connectivity index (χ4n) is 2.64. The molecular weight excluding hydrogens is 294 g/mol. The van der Waals surface area contributed by atoms with Gasteiger partial charge in [-0.15, -0.1) is 0 Å². The van der Waals surface area contributed by atoms with Crippen molar-refractivity contribution in [3.63, 3.8) is 0 Å². The summed E-state index contributed by atoms with van der Waals surface area (Å²) in [7, 11) is 0. The molecule has 122 valence electrons. The van der Waals surface area contributed by atoms with Crippen LogP contribution in [0.15, 0.2) is 33.2 Å². The first-order chi connectivity index (χ1) is 11.1. The van der Waals surface area contributed by atoms with Crippen LogP contribution >= 0.6 is 0 Å². The van der Waals surface area contributed by atoms with Gasteiger partial charge in [0.15, 0.2) is 5.76 Å². The Hall–Kier alpha value is -2.34. The van der Waals surface area contributed by atoms with E-state index in [-0.39, 0.29) is 5.91 Å². The number of hydrogen-bond acceptors (Lipinski definition) is 5. The normalized spacial score (nSPS) is 16.3. The van der Waals surface area contributed by atoms with E-state index in [1.807, 2.05) is 36.9 Å². The molecule has 2 aromatic rings. The van der Waals surface area contributed by atoms with Crippen molar-refractivity contribution in [1.29, 1.82) is 0 Å². The van der Waals surface area contributed by atoms with Gasteiger partial charge in [-0.05, 0) is 32.1 Å². The van der Waals surface area contributed by atoms with E-state index in [1.54, 1.807) is 12.2 Å². The highest BCUT2D eigenvalue weighted by molar-refractivity contribution is 5.91. The molecule has 1 aliphatic heterocycles. The minimum Gasteiger partial charge on any atom is -0.462 e. The third-order valence-electron chi connectivity index (χ3n) is 3.89. The van der Waals surface area contributed by atoms with Crippen LogP contribution in [0, 0.1) is 13.8 Å². The molecule has 0 saturated carbocycles. The summed E-state index contributed by atoms with van der Waals surface area (Å²) in [6.07, 6.45) is 3.30. The van der Waals surface area contributed by atoms with Crippen molar-refractivity contribution in [2.45, 2.75) is 20.4 Å². The Kier molecular flexibility index (Phi) is 4.62. The highest BCUT2D eigenvalue weighted by Crippen LogP contribution is 2.11. The van der Waals surface area contributed by atoms with Crippen LogP contribution in [0.4, 0.5) is 0 Å². The van der Waals surface area contributed by atoms with Crippen LogP contribution in [0.25, 0.3) is 6.08 Å². The zero-order valence-corrected chi connectivity index (χ0v) is 13.5. The molecule has 3 heterocycles. The van der Waals surface area contributed by atoms with Gasteiger partial charge < -0.3 is 13.8 Å². The maximum Gasteiger partial charge on any atom is 0.246 e. The number of furan rings is 1. The summed E-state index contributed by atoms with van der Waals surface area (Å²) < 4.78 is 10.7. The van der Waals surface area contributed by atoms with Gasteiger partial charge in [0.2, 0.25) is 5.91 Å². The molecule has 0 radical (unpaired) electrons. The third kappa shape index (κ3) is 4.10. The summed E-state index contributed by atoms with van der Waals surface area (Å²) in [6, 6.07) is 5.69. The van der Waals surface area contributed by atoms with Gasteiger partial charge in [0.25, 0.3) is 0 Å². The molecule has 23 heavy (non-hydrogen) atoms. The molecule has 0 spiro atoms. The van der Waals surface area contributed by atoms with E-state index in [0.29, 0.717) is 18.8 Å². The maximum atomic E-state index is 12.2. The Morgan fingerprint density at radius 3 is 2.65 bits per heavy atom. The van der Waals surface area contributed by atoms with Crippen molar-refractivity contribution in [1.82, 2.24) is 15.0 Å². The standard InChI is InChI=1S/C17H21N3O3/c1-13-11-16(23-18-13)12-19-7-9-20(10-8-19)17(21)6-5-15-4-3-14(2)22-15/h3-6,11H,7-10,12H2,1-2H3. The molecule has 1 amide bonds. The molecule has 0 N–H and O–H groups in total. The molecule has 3 rings (SSSR count). The molecular formula is C17H21N3O3. The fraction of sp³-hybridized carbons (Fsp3) is 0.412. The second-order valence-corrected chi connectivity index (χ2v) is 5.82. The number of aryl methyl sites for hydroxylation is 2. The van der Waals surface area contributed by atoms with Gasteiger partial charge in [-0.25, -0.2) is 0 Å². The SMILES string of the molecule is Cc1cc(CN2CCN(C(=O)C=Cc3ccc(C)o3)CC2)on1. The van der Waals surface area contributed by atoms with E-state index in [2.05, 4.69) is 10.1 Å². The number of hydrogen-bond donors (Lipinski definition) is 0. The Morgan fingerprint density at radius 2 is 2.04 bits per heavy atom. The summed E-state index contributed by atoms with van der Waals surface area (Å²) in [5.74, 6) is 2.44. The number of nitrogens with zero attached hydrogens (tertiary/aromatic N) is 3. The lowest BCUT2D eigenvalue weighted by atomic mass is 10.2. The zero-order chi connectivity index (χ0) is 16.2. The lowest BCUT2D eigenvalue weighted by Crippen LogP contribution is -2.47. The molecule has 0 atom stereocenters. The minimum absolute atomic E-state index is 0.0224. The van der Waals surface area contributed by atoms with E-state index >= 15 is 0 Å². The molecule has 1 saturated heterocycles. The van der Waals surface area contributed by atoms with Crippen LogP contribution < -0.4 is 0 Å². The van der Waals surface area contributed by atoms with E-state index < -0.39 is 0 Å². The second-order valence-electron chi connectivity index (χ2n) is 5.82. The minimum atomic E-state index is 0.0224. The molecule has 0 aromatic carbocycles. The smallest absolute Gasteiger partial charge is 0.246 e. The molecule has 1 fully saturated rings. The average Bonchev–Trinajstić information content (AvgIpc) is 3.14. The number of aromatic nitrogens is 1. The van der Waals surface area contributed by atoms with Gasteiger partial charge in [0.1, 0.15) is 11.5 Å². The summed E-state index contributed by atoms with van der Waals surface area (Å²) in [5.41, 5.74) is 0.895. The fourth-order valence-corrected chi connectivity index (χ4v) is 2.64. The quantitative estimate of drug-likeness (QED) is 0.810. The topological polar surface area (TPSA) is 62.7 Å². The molecule has 0 unspecified atom stereocenters. The van der Waals surface area contributed by atoms with E-state index in [1.165, 1.54) is 0 Å². The molecule has 6 nitrogen and oxygen atoms in total. The largest absolute Gasteiger partial charge is 0.462 e. The highest BCUT2D eigenvalue weighted by atomic mass is 16.5. The van der Waals surface area contributed by atoms with Gasteiger partial charge in [0.05, 0.1) is 12.2 Å². The lowest BCUT2D eigenvalue weighted by molar-refractivity contribution is -0.127. The van der Waals surface area contributed by atoms with Crippen molar-refractivity contribution < 1.29 is 13.7 Å². The zero-order valence-electron chi connectivity index (χ0n) is 13.5. The van der Waals surface area contributed by atoms with Gasteiger partial charge in [-0.3, -0.25) is 9.69 Å². The maximum absolute atomic E-state index is 12.2. The summed E-state index contributed by atoms with van der Waals surface area (Å²) in [4.78, 5) is 16.3. The number of piperazine rings is 1. The van der Waals surface area contributed by atoms with Crippen LogP contribution in [0.3, 0.4) is 0 Å². The van der Waals surface area contributed by atoms with Crippen molar-refractivity contribution >= 4 is 12.0 Å². The first-order valence-corrected chi connectivity index (χ1v) is 7.78. The van der Waals surface area contributed by atoms with Crippen LogP contribution in [-0.4, -0.2) is 47.0 Å². The van der Waals surface area contributed by atoms with E-state index in [9.17, 15) is 4.79 Å². The Morgan fingerprint density at radius 1 is 1.26 bits per heavy atom. The molecule has 1 aliphatic rings. The molecule has 0 bridgehead atoms. The Balaban J connectivity index is 1.48. The first kappa shape index (κ1) is 15.6. The van der Waals surface area contributed by atoms with Crippen molar-refractivity contribution in [3.8, 4) is 0 Å². The first-order valence-electron chi connectivity index (χ1n) is 7.78. The number of carbonyl (C=O) groups is 1. The summed E-state index contributed by atoms with van der Waals surface area (Å²) >= 11 is 0. The second kappa shape index (κ2) is 6.83. The van der Waals surface area contributed by atoms with Crippen molar-refractivity contribution in [2.75, 3.05) is 26.2 Å². The monoisotopic (exact) mass is 315 g/mol. The molecule has 2 aromatic heterocycles. The summed E-state index contributed by atoms with van der Waals surface area (Å²) in [6.45, 7) is 7.63. The Bertz CT molecular complexity index is 694. The number of amides is 1. The number of carbonyl (C=O) groups excluding carboxylic acids is 1. The molecule has 0 aliphatic carbocycles. The predicted molar refractivity (Wildman–Crippen MR) is 85.6 cm³/mol. The highest BCUT2D eigenvalue weighted by Gasteiger charge is 2.20. The Labute approximate surface area is 135 Å².